The normalized spacial score (nSPS) is 12.3. The first-order valence-corrected chi connectivity index (χ1v) is 8.99. The fourth-order valence-electron chi connectivity index (χ4n) is 2.70. The zero-order chi connectivity index (χ0) is 19.9. The molecule has 6 nitrogen and oxygen atoms in total. The van der Waals surface area contributed by atoms with E-state index in [-0.39, 0.29) is 5.82 Å². The van der Waals surface area contributed by atoms with Crippen LogP contribution in [-0.4, -0.2) is 34.5 Å². The highest BCUT2D eigenvalue weighted by Gasteiger charge is 2.08. The molecule has 144 valence electrons. The molecule has 3 rings (SSSR count). The summed E-state index contributed by atoms with van der Waals surface area (Å²) >= 11 is 0. The van der Waals surface area contributed by atoms with E-state index in [0.717, 1.165) is 28.6 Å². The number of halogens is 1. The van der Waals surface area contributed by atoms with Gasteiger partial charge >= 0.3 is 0 Å². The minimum absolute atomic E-state index is 0.273. The van der Waals surface area contributed by atoms with Gasteiger partial charge in [0, 0.05) is 18.7 Å². The predicted octanol–water partition coefficient (Wildman–Crippen LogP) is 4.60. The minimum atomic E-state index is -0.273. The number of nitrogens with zero attached hydrogens (tertiary/aromatic N) is 4. The highest BCUT2D eigenvalue weighted by atomic mass is 19.1. The molecule has 0 atom stereocenters. The summed E-state index contributed by atoms with van der Waals surface area (Å²) in [5.74, 6) is 0.980. The number of ether oxygens (including phenoxy) is 1. The van der Waals surface area contributed by atoms with Crippen LogP contribution in [0.5, 0.6) is 0 Å². The number of fused-ring (bicyclic) bond motifs is 1. The van der Waals surface area contributed by atoms with E-state index in [2.05, 4.69) is 32.2 Å². The van der Waals surface area contributed by atoms with Gasteiger partial charge in [-0.3, -0.25) is 0 Å². The Morgan fingerprint density at radius 3 is 2.68 bits per heavy atom. The Hall–Kier alpha value is -3.35. The van der Waals surface area contributed by atoms with Gasteiger partial charge in [0.05, 0.1) is 24.7 Å². The number of pyridine rings is 1. The number of allylic oxidation sites excluding steroid dienone is 1. The fraction of sp³-hybridized carbons (Fsp3) is 0.238. The van der Waals surface area contributed by atoms with Crippen LogP contribution >= 0.6 is 0 Å². The first-order valence-electron chi connectivity index (χ1n) is 8.99. The Kier molecular flexibility index (Phi) is 6.26. The number of hydrogen-bond donors (Lipinski definition) is 1. The molecule has 0 unspecified atom stereocenters. The maximum absolute atomic E-state index is 13.2. The van der Waals surface area contributed by atoms with E-state index in [1.807, 2.05) is 19.1 Å². The highest BCUT2D eigenvalue weighted by molar-refractivity contribution is 5.89. The second-order valence-corrected chi connectivity index (χ2v) is 6.12. The molecule has 0 radical (unpaired) electrons. The number of rotatable bonds is 6. The molecule has 0 saturated carbocycles. The molecule has 1 aromatic carbocycles. The second-order valence-electron chi connectivity index (χ2n) is 6.12. The van der Waals surface area contributed by atoms with Crippen molar-refractivity contribution in [2.75, 3.05) is 19.0 Å². The summed E-state index contributed by atoms with van der Waals surface area (Å²) in [6.07, 6.45) is 6.09. The molecule has 28 heavy (non-hydrogen) atoms. The van der Waals surface area contributed by atoms with Gasteiger partial charge in [0.25, 0.3) is 0 Å². The van der Waals surface area contributed by atoms with Crippen molar-refractivity contribution in [1.29, 1.82) is 0 Å². The average Bonchev–Trinajstić information content (AvgIpc) is 2.72. The highest BCUT2D eigenvalue weighted by Crippen LogP contribution is 2.25. The lowest BCUT2D eigenvalue weighted by Crippen LogP contribution is -2.08. The molecule has 3 aromatic rings. The molecule has 0 aliphatic carbocycles. The van der Waals surface area contributed by atoms with Crippen molar-refractivity contribution in [2.24, 2.45) is 4.99 Å². The average molecular weight is 379 g/mol. The van der Waals surface area contributed by atoms with E-state index < -0.39 is 0 Å². The van der Waals surface area contributed by atoms with Gasteiger partial charge in [-0.05, 0) is 30.2 Å². The maximum Gasteiger partial charge on any atom is 0.184 e. The van der Waals surface area contributed by atoms with Crippen LogP contribution in [0.1, 0.15) is 20.3 Å². The second kappa shape index (κ2) is 9.03. The Balaban J connectivity index is 1.91. The molecule has 2 heterocycles. The molecule has 2 aromatic heterocycles. The van der Waals surface area contributed by atoms with E-state index >= 15 is 0 Å². The Bertz CT molecular complexity index is 1010. The number of methoxy groups -OCH3 is 1. The van der Waals surface area contributed by atoms with Gasteiger partial charge in [-0.15, -0.1) is 0 Å². The molecule has 7 heteroatoms. The lowest BCUT2D eigenvalue weighted by Gasteiger charge is -2.10. The largest absolute Gasteiger partial charge is 0.484 e. The number of nitrogens with one attached hydrogen (secondary N) is 1. The van der Waals surface area contributed by atoms with Gasteiger partial charge in [0.15, 0.2) is 11.5 Å². The molecule has 0 saturated heterocycles. The van der Waals surface area contributed by atoms with Crippen molar-refractivity contribution in [2.45, 2.75) is 20.3 Å². The smallest absolute Gasteiger partial charge is 0.184 e. The van der Waals surface area contributed by atoms with Crippen molar-refractivity contribution in [3.8, 4) is 11.1 Å². The standard InChI is InChI=1S/C21H22FN5O/c1-4-5-18(27-14(2)28-3)12-24-21-19-10-16(11-23-20(19)25-13-26-21)15-6-8-17(22)9-7-15/h5-11,13H,4,12H2,1-3H3,(H,23,24,25,26)/b18-5+,27-14?. The molecule has 0 amide bonds. The summed E-state index contributed by atoms with van der Waals surface area (Å²) in [6, 6.07) is 8.25. The van der Waals surface area contributed by atoms with Crippen molar-refractivity contribution >= 4 is 22.7 Å². The van der Waals surface area contributed by atoms with Gasteiger partial charge in [0.2, 0.25) is 0 Å². The van der Waals surface area contributed by atoms with E-state index in [1.165, 1.54) is 18.5 Å². The van der Waals surface area contributed by atoms with Crippen molar-refractivity contribution < 1.29 is 9.13 Å². The third-order valence-electron chi connectivity index (χ3n) is 4.14. The number of aromatic nitrogens is 3. The van der Waals surface area contributed by atoms with Crippen molar-refractivity contribution in [3.05, 3.63) is 60.4 Å². The van der Waals surface area contributed by atoms with Gasteiger partial charge in [-0.2, -0.15) is 0 Å². The fourth-order valence-corrected chi connectivity index (χ4v) is 2.70. The van der Waals surface area contributed by atoms with Crippen LogP contribution in [0, 0.1) is 5.82 Å². The summed E-state index contributed by atoms with van der Waals surface area (Å²) in [4.78, 5) is 17.5. The van der Waals surface area contributed by atoms with Crippen molar-refractivity contribution in [1.82, 2.24) is 15.0 Å². The number of anilines is 1. The molecule has 0 aliphatic rings. The summed E-state index contributed by atoms with van der Waals surface area (Å²) in [6.45, 7) is 4.35. The molecule has 0 fully saturated rings. The number of aliphatic imine (C=N–C) groups is 1. The zero-order valence-electron chi connectivity index (χ0n) is 16.1. The first-order chi connectivity index (χ1) is 13.6. The first kappa shape index (κ1) is 19.4. The Morgan fingerprint density at radius 2 is 1.96 bits per heavy atom. The Morgan fingerprint density at radius 1 is 1.18 bits per heavy atom. The molecule has 0 spiro atoms. The third-order valence-corrected chi connectivity index (χ3v) is 4.14. The van der Waals surface area contributed by atoms with Crippen molar-refractivity contribution in [3.63, 3.8) is 0 Å². The summed E-state index contributed by atoms with van der Waals surface area (Å²) in [5, 5.41) is 4.09. The van der Waals surface area contributed by atoms with Crippen LogP contribution in [-0.2, 0) is 4.74 Å². The number of hydrogen-bond acceptors (Lipinski definition) is 6. The van der Waals surface area contributed by atoms with Gasteiger partial charge < -0.3 is 10.1 Å². The third kappa shape index (κ3) is 4.68. The monoisotopic (exact) mass is 379 g/mol. The molecular weight excluding hydrogens is 357 g/mol. The van der Waals surface area contributed by atoms with Crippen LogP contribution in [0.25, 0.3) is 22.2 Å². The maximum atomic E-state index is 13.2. The molecule has 0 bridgehead atoms. The quantitative estimate of drug-likeness (QED) is 0.500. The summed E-state index contributed by atoms with van der Waals surface area (Å²) < 4.78 is 18.3. The van der Waals surface area contributed by atoms with Gasteiger partial charge in [-0.1, -0.05) is 25.1 Å². The van der Waals surface area contributed by atoms with E-state index in [4.69, 9.17) is 4.74 Å². The Labute approximate surface area is 163 Å². The van der Waals surface area contributed by atoms with Gasteiger partial charge in [0.1, 0.15) is 18.0 Å². The van der Waals surface area contributed by atoms with Crippen LogP contribution in [0.2, 0.25) is 0 Å². The van der Waals surface area contributed by atoms with E-state index in [1.54, 1.807) is 25.4 Å². The zero-order valence-corrected chi connectivity index (χ0v) is 16.1. The molecular formula is C21H22FN5O. The van der Waals surface area contributed by atoms with Crippen LogP contribution in [0.15, 0.2) is 59.6 Å². The van der Waals surface area contributed by atoms with Crippen LogP contribution in [0.3, 0.4) is 0 Å². The lowest BCUT2D eigenvalue weighted by molar-refractivity contribution is 0.399. The topological polar surface area (TPSA) is 72.3 Å². The number of benzene rings is 1. The van der Waals surface area contributed by atoms with E-state index in [0.29, 0.717) is 23.9 Å². The SMILES string of the molecule is CC/C=C(\CNc1ncnc2ncc(-c3ccc(F)cc3)cc12)N=C(C)OC. The summed E-state index contributed by atoms with van der Waals surface area (Å²) in [7, 11) is 1.59. The van der Waals surface area contributed by atoms with Crippen LogP contribution < -0.4 is 5.32 Å². The lowest BCUT2D eigenvalue weighted by atomic mass is 10.1. The van der Waals surface area contributed by atoms with Crippen LogP contribution in [0.4, 0.5) is 10.2 Å². The molecule has 0 aliphatic heterocycles. The molecule has 1 N–H and O–H groups in total. The predicted molar refractivity (Wildman–Crippen MR) is 110 cm³/mol. The van der Waals surface area contributed by atoms with E-state index in [9.17, 15) is 4.39 Å². The van der Waals surface area contributed by atoms with Gasteiger partial charge in [-0.25, -0.2) is 24.3 Å². The summed E-state index contributed by atoms with van der Waals surface area (Å²) in [5.41, 5.74) is 3.18. The minimum Gasteiger partial charge on any atom is -0.484 e.